The van der Waals surface area contributed by atoms with Crippen LogP contribution in [-0.2, 0) is 0 Å². The molecule has 0 radical (unpaired) electrons. The Labute approximate surface area is 182 Å². The van der Waals surface area contributed by atoms with Crippen LogP contribution in [0, 0.1) is 0 Å². The van der Waals surface area contributed by atoms with E-state index in [0.717, 1.165) is 45.5 Å². The van der Waals surface area contributed by atoms with Crippen molar-refractivity contribution in [1.29, 1.82) is 0 Å². The molecule has 0 aliphatic rings. The van der Waals surface area contributed by atoms with Crippen molar-refractivity contribution in [3.05, 3.63) is 90.1 Å². The van der Waals surface area contributed by atoms with Gasteiger partial charge in [0.25, 0.3) is 0 Å². The second-order valence-electron chi connectivity index (χ2n) is 6.90. The van der Waals surface area contributed by atoms with Crippen molar-refractivity contribution in [3.8, 4) is 34.2 Å². The van der Waals surface area contributed by atoms with E-state index in [4.69, 9.17) is 19.3 Å². The number of hydrogen-bond acceptors (Lipinski definition) is 4. The lowest BCUT2D eigenvalue weighted by molar-refractivity contribution is 0.414. The molecule has 5 heteroatoms. The molecule has 0 fully saturated rings. The quantitative estimate of drug-likeness (QED) is 0.389. The van der Waals surface area contributed by atoms with E-state index in [0.29, 0.717) is 0 Å². The molecule has 156 valence electrons. The Kier molecular flexibility index (Phi) is 6.03. The van der Waals surface area contributed by atoms with Gasteiger partial charge in [-0.3, -0.25) is 0 Å². The van der Waals surface area contributed by atoms with E-state index >= 15 is 0 Å². The number of rotatable bonds is 7. The topological polar surface area (TPSA) is 45.5 Å². The minimum Gasteiger partial charge on any atom is -0.497 e. The number of benzene rings is 3. The first-order valence-corrected chi connectivity index (χ1v) is 9.91. The van der Waals surface area contributed by atoms with Gasteiger partial charge in [0.2, 0.25) is 0 Å². The fraction of sp³-hybridized carbons (Fsp3) is 0.115. The summed E-state index contributed by atoms with van der Waals surface area (Å²) in [7, 11) is 4.99. The SMILES string of the molecule is COc1ccc(C=Cc2cc(-c3ccc(OC)cc3)n(-c3ccc(OC)cc3)n2)cc1. The molecule has 4 aromatic rings. The van der Waals surface area contributed by atoms with Crippen molar-refractivity contribution < 1.29 is 14.2 Å². The minimum absolute atomic E-state index is 0.807. The highest BCUT2D eigenvalue weighted by molar-refractivity contribution is 5.72. The molecule has 0 bridgehead atoms. The third kappa shape index (κ3) is 4.61. The van der Waals surface area contributed by atoms with Gasteiger partial charge in [0.15, 0.2) is 0 Å². The lowest BCUT2D eigenvalue weighted by Crippen LogP contribution is -1.99. The van der Waals surface area contributed by atoms with E-state index < -0.39 is 0 Å². The van der Waals surface area contributed by atoms with Gasteiger partial charge in [0, 0.05) is 5.56 Å². The maximum atomic E-state index is 5.30. The van der Waals surface area contributed by atoms with Crippen molar-refractivity contribution >= 4 is 12.2 Å². The Morgan fingerprint density at radius 3 is 1.71 bits per heavy atom. The van der Waals surface area contributed by atoms with Gasteiger partial charge < -0.3 is 14.2 Å². The molecule has 0 saturated heterocycles. The molecular weight excluding hydrogens is 388 g/mol. The Bertz CT molecular complexity index is 1090. The van der Waals surface area contributed by atoms with Crippen molar-refractivity contribution in [1.82, 2.24) is 9.78 Å². The molecule has 3 aromatic carbocycles. The Morgan fingerprint density at radius 2 is 1.16 bits per heavy atom. The molecule has 5 nitrogen and oxygen atoms in total. The van der Waals surface area contributed by atoms with Gasteiger partial charge in [-0.2, -0.15) is 5.10 Å². The standard InChI is InChI=1S/C26H24N2O3/c1-29-23-12-5-19(6-13-23)4-9-21-18-26(20-7-14-24(30-2)15-8-20)28(27-21)22-10-16-25(31-3)17-11-22/h4-18H,1-3H3. The first kappa shape index (κ1) is 20.3. The normalized spacial score (nSPS) is 10.9. The zero-order chi connectivity index (χ0) is 21.6. The number of methoxy groups -OCH3 is 3. The number of ether oxygens (including phenoxy) is 3. The van der Waals surface area contributed by atoms with Gasteiger partial charge >= 0.3 is 0 Å². The summed E-state index contributed by atoms with van der Waals surface area (Å²) in [6.07, 6.45) is 4.05. The maximum Gasteiger partial charge on any atom is 0.119 e. The Hall–Kier alpha value is -3.99. The van der Waals surface area contributed by atoms with E-state index in [1.807, 2.05) is 89.6 Å². The smallest absolute Gasteiger partial charge is 0.119 e. The molecule has 0 aliphatic heterocycles. The van der Waals surface area contributed by atoms with Crippen LogP contribution in [0.2, 0.25) is 0 Å². The zero-order valence-corrected chi connectivity index (χ0v) is 17.8. The van der Waals surface area contributed by atoms with E-state index in [2.05, 4.69) is 6.07 Å². The van der Waals surface area contributed by atoms with Crippen molar-refractivity contribution in [2.75, 3.05) is 21.3 Å². The van der Waals surface area contributed by atoms with E-state index in [1.165, 1.54) is 0 Å². The fourth-order valence-electron chi connectivity index (χ4n) is 3.27. The van der Waals surface area contributed by atoms with Gasteiger partial charge in [-0.1, -0.05) is 18.2 Å². The van der Waals surface area contributed by atoms with Gasteiger partial charge in [0.1, 0.15) is 17.2 Å². The lowest BCUT2D eigenvalue weighted by Gasteiger charge is -2.09. The summed E-state index contributed by atoms with van der Waals surface area (Å²) in [6, 6.07) is 25.8. The highest BCUT2D eigenvalue weighted by Crippen LogP contribution is 2.27. The van der Waals surface area contributed by atoms with Crippen LogP contribution < -0.4 is 14.2 Å². The van der Waals surface area contributed by atoms with Crippen molar-refractivity contribution in [3.63, 3.8) is 0 Å². The molecule has 0 aliphatic carbocycles. The third-order valence-corrected chi connectivity index (χ3v) is 4.99. The zero-order valence-electron chi connectivity index (χ0n) is 17.8. The predicted octanol–water partition coefficient (Wildman–Crippen LogP) is 5.74. The van der Waals surface area contributed by atoms with Crippen molar-refractivity contribution in [2.24, 2.45) is 0 Å². The van der Waals surface area contributed by atoms with Crippen LogP contribution in [0.25, 0.3) is 29.1 Å². The molecule has 0 atom stereocenters. The summed E-state index contributed by atoms with van der Waals surface area (Å²) >= 11 is 0. The first-order chi connectivity index (χ1) is 15.2. The molecule has 0 saturated carbocycles. The lowest BCUT2D eigenvalue weighted by atomic mass is 10.1. The molecule has 1 aromatic heterocycles. The van der Waals surface area contributed by atoms with E-state index in [1.54, 1.807) is 21.3 Å². The molecule has 31 heavy (non-hydrogen) atoms. The second kappa shape index (κ2) is 9.22. The summed E-state index contributed by atoms with van der Waals surface area (Å²) in [5.74, 6) is 2.46. The highest BCUT2D eigenvalue weighted by atomic mass is 16.5. The number of nitrogens with zero attached hydrogens (tertiary/aromatic N) is 2. The molecule has 0 N–H and O–H groups in total. The van der Waals surface area contributed by atoms with E-state index in [-0.39, 0.29) is 0 Å². The van der Waals surface area contributed by atoms with Crippen LogP contribution in [0.4, 0.5) is 0 Å². The summed E-state index contributed by atoms with van der Waals surface area (Å²) in [5, 5.41) is 4.84. The summed E-state index contributed by atoms with van der Waals surface area (Å²) in [4.78, 5) is 0. The summed E-state index contributed by atoms with van der Waals surface area (Å²) in [6.45, 7) is 0. The summed E-state index contributed by atoms with van der Waals surface area (Å²) in [5.41, 5.74) is 4.93. The largest absolute Gasteiger partial charge is 0.497 e. The summed E-state index contributed by atoms with van der Waals surface area (Å²) < 4.78 is 17.8. The average Bonchev–Trinajstić information content (AvgIpc) is 3.27. The number of aromatic nitrogens is 2. The third-order valence-electron chi connectivity index (χ3n) is 4.99. The minimum atomic E-state index is 0.807. The number of hydrogen-bond donors (Lipinski definition) is 0. The molecule has 0 spiro atoms. The first-order valence-electron chi connectivity index (χ1n) is 9.91. The Balaban J connectivity index is 1.72. The van der Waals surface area contributed by atoms with Crippen molar-refractivity contribution in [2.45, 2.75) is 0 Å². The van der Waals surface area contributed by atoms with Gasteiger partial charge in [-0.25, -0.2) is 4.68 Å². The van der Waals surface area contributed by atoms with Gasteiger partial charge in [0.05, 0.1) is 38.4 Å². The highest BCUT2D eigenvalue weighted by Gasteiger charge is 2.11. The predicted molar refractivity (Wildman–Crippen MR) is 124 cm³/mol. The van der Waals surface area contributed by atoms with Crippen LogP contribution >= 0.6 is 0 Å². The molecule has 4 rings (SSSR count). The maximum absolute atomic E-state index is 5.30. The molecule has 0 amide bonds. The monoisotopic (exact) mass is 412 g/mol. The second-order valence-corrected chi connectivity index (χ2v) is 6.90. The Morgan fingerprint density at radius 1 is 0.645 bits per heavy atom. The van der Waals surface area contributed by atoms with Crippen LogP contribution in [-0.4, -0.2) is 31.1 Å². The fourth-order valence-corrected chi connectivity index (χ4v) is 3.27. The van der Waals surface area contributed by atoms with Crippen LogP contribution in [0.5, 0.6) is 17.2 Å². The molecule has 1 heterocycles. The van der Waals surface area contributed by atoms with Gasteiger partial charge in [-0.05, 0) is 78.4 Å². The average molecular weight is 412 g/mol. The van der Waals surface area contributed by atoms with Crippen LogP contribution in [0.1, 0.15) is 11.3 Å². The van der Waals surface area contributed by atoms with E-state index in [9.17, 15) is 0 Å². The molecule has 0 unspecified atom stereocenters. The van der Waals surface area contributed by atoms with Crippen LogP contribution in [0.15, 0.2) is 78.9 Å². The molecular formula is C26H24N2O3. The van der Waals surface area contributed by atoms with Gasteiger partial charge in [-0.15, -0.1) is 0 Å². The van der Waals surface area contributed by atoms with Crippen LogP contribution in [0.3, 0.4) is 0 Å².